The number of rotatable bonds is 7. The second-order valence-corrected chi connectivity index (χ2v) is 5.71. The molecule has 0 radical (unpaired) electrons. The van der Waals surface area contributed by atoms with Gasteiger partial charge < -0.3 is 15.8 Å². The van der Waals surface area contributed by atoms with E-state index < -0.39 is 0 Å². The Balaban J connectivity index is 1.78. The fraction of sp³-hybridized carbons (Fsp3) is 0.250. The van der Waals surface area contributed by atoms with E-state index in [0.29, 0.717) is 18.1 Å². The van der Waals surface area contributed by atoms with Gasteiger partial charge in [0.1, 0.15) is 23.2 Å². The fourth-order valence-corrected chi connectivity index (χ4v) is 2.61. The van der Waals surface area contributed by atoms with Crippen molar-refractivity contribution in [3.63, 3.8) is 0 Å². The highest BCUT2D eigenvalue weighted by molar-refractivity contribution is 7.99. The molecule has 0 saturated carbocycles. The molecule has 0 aliphatic heterocycles. The van der Waals surface area contributed by atoms with Crippen LogP contribution in [0.2, 0.25) is 0 Å². The number of nitrogen functional groups attached to an aromatic ring is 1. The quantitative estimate of drug-likeness (QED) is 0.577. The van der Waals surface area contributed by atoms with Crippen molar-refractivity contribution in [1.29, 1.82) is 5.26 Å². The van der Waals surface area contributed by atoms with Crippen LogP contribution in [0.15, 0.2) is 35.6 Å². The van der Waals surface area contributed by atoms with Crippen molar-refractivity contribution in [2.24, 2.45) is 0 Å². The van der Waals surface area contributed by atoms with E-state index in [1.807, 2.05) is 30.3 Å². The molecular weight excluding hydrogens is 326 g/mol. The minimum Gasteiger partial charge on any atom is -0.496 e. The number of methoxy groups -OCH3 is 1. The van der Waals surface area contributed by atoms with Crippen LogP contribution in [0.1, 0.15) is 11.1 Å². The van der Waals surface area contributed by atoms with Gasteiger partial charge in [0.25, 0.3) is 0 Å². The van der Waals surface area contributed by atoms with E-state index in [1.165, 1.54) is 18.0 Å². The third kappa shape index (κ3) is 4.86. The number of carbonyl (C=O) groups excluding carboxylic acids is 1. The maximum atomic E-state index is 11.9. The smallest absolute Gasteiger partial charge is 0.230 e. The fourth-order valence-electron chi connectivity index (χ4n) is 1.96. The molecule has 1 amide bonds. The molecule has 3 N–H and O–H groups in total. The molecule has 0 unspecified atom stereocenters. The number of nitriles is 1. The normalized spacial score (nSPS) is 10.0. The van der Waals surface area contributed by atoms with Crippen LogP contribution in [-0.2, 0) is 11.2 Å². The van der Waals surface area contributed by atoms with E-state index in [2.05, 4.69) is 15.3 Å². The SMILES string of the molecule is COc1ccccc1CCNC(=O)CSc1ncc(C#N)c(N)n1. The Morgan fingerprint density at radius 3 is 2.96 bits per heavy atom. The zero-order chi connectivity index (χ0) is 17.4. The van der Waals surface area contributed by atoms with Gasteiger partial charge in [-0.05, 0) is 18.1 Å². The average Bonchev–Trinajstić information content (AvgIpc) is 2.60. The maximum Gasteiger partial charge on any atom is 0.230 e. The molecular formula is C16H17N5O2S. The molecule has 7 nitrogen and oxygen atoms in total. The minimum absolute atomic E-state index is 0.117. The van der Waals surface area contributed by atoms with E-state index in [0.717, 1.165) is 11.3 Å². The Hall–Kier alpha value is -2.79. The van der Waals surface area contributed by atoms with Gasteiger partial charge in [-0.25, -0.2) is 9.97 Å². The monoisotopic (exact) mass is 343 g/mol. The first-order valence-electron chi connectivity index (χ1n) is 7.18. The summed E-state index contributed by atoms with van der Waals surface area (Å²) >= 11 is 1.17. The summed E-state index contributed by atoms with van der Waals surface area (Å²) < 4.78 is 5.27. The molecule has 0 atom stereocenters. The zero-order valence-corrected chi connectivity index (χ0v) is 14.0. The Bertz CT molecular complexity index is 760. The predicted octanol–water partition coefficient (Wildman–Crippen LogP) is 1.39. The molecule has 8 heteroatoms. The lowest BCUT2D eigenvalue weighted by atomic mass is 10.1. The topological polar surface area (TPSA) is 114 Å². The number of hydrogen-bond donors (Lipinski definition) is 2. The van der Waals surface area contributed by atoms with Gasteiger partial charge in [-0.3, -0.25) is 4.79 Å². The summed E-state index contributed by atoms with van der Waals surface area (Å²) in [6.45, 7) is 0.510. The number of ether oxygens (including phenoxy) is 1. The number of para-hydroxylation sites is 1. The van der Waals surface area contributed by atoms with Crippen molar-refractivity contribution in [3.8, 4) is 11.8 Å². The van der Waals surface area contributed by atoms with Crippen molar-refractivity contribution < 1.29 is 9.53 Å². The molecule has 24 heavy (non-hydrogen) atoms. The standard InChI is InChI=1S/C16H17N5O2S/c1-23-13-5-3-2-4-11(13)6-7-19-14(22)10-24-16-20-9-12(8-17)15(18)21-16/h2-5,9H,6-7,10H2,1H3,(H,19,22)(H2,18,20,21). The molecule has 0 spiro atoms. The molecule has 0 aliphatic carbocycles. The third-order valence-electron chi connectivity index (χ3n) is 3.16. The molecule has 0 aliphatic rings. The van der Waals surface area contributed by atoms with E-state index in [4.69, 9.17) is 15.7 Å². The van der Waals surface area contributed by atoms with Crippen LogP contribution >= 0.6 is 11.8 Å². The van der Waals surface area contributed by atoms with Gasteiger partial charge in [0.15, 0.2) is 5.16 Å². The number of hydrogen-bond acceptors (Lipinski definition) is 7. The number of nitrogens with zero attached hydrogens (tertiary/aromatic N) is 3. The van der Waals surface area contributed by atoms with Crippen molar-refractivity contribution in [2.75, 3.05) is 25.1 Å². The number of benzene rings is 1. The number of amides is 1. The molecule has 2 rings (SSSR count). The molecule has 0 bridgehead atoms. The van der Waals surface area contributed by atoms with Crippen LogP contribution in [0.5, 0.6) is 5.75 Å². The average molecular weight is 343 g/mol. The summed E-state index contributed by atoms with van der Waals surface area (Å²) in [6, 6.07) is 9.58. The van der Waals surface area contributed by atoms with Gasteiger partial charge in [0.05, 0.1) is 19.1 Å². The number of thioether (sulfide) groups is 1. The number of nitrogens with one attached hydrogen (secondary N) is 1. The highest BCUT2D eigenvalue weighted by Gasteiger charge is 2.08. The molecule has 2 aromatic rings. The third-order valence-corrected chi connectivity index (χ3v) is 4.02. The first-order chi connectivity index (χ1) is 11.6. The summed E-state index contributed by atoms with van der Waals surface area (Å²) in [5.41, 5.74) is 6.87. The van der Waals surface area contributed by atoms with E-state index >= 15 is 0 Å². The number of carbonyl (C=O) groups is 1. The summed E-state index contributed by atoms with van der Waals surface area (Å²) in [5.74, 6) is 0.979. The van der Waals surface area contributed by atoms with E-state index in [9.17, 15) is 4.79 Å². The van der Waals surface area contributed by atoms with Gasteiger partial charge >= 0.3 is 0 Å². The van der Waals surface area contributed by atoms with Gasteiger partial charge in [-0.2, -0.15) is 5.26 Å². The summed E-state index contributed by atoms with van der Waals surface area (Å²) in [5, 5.41) is 12.0. The van der Waals surface area contributed by atoms with Crippen LogP contribution in [0.3, 0.4) is 0 Å². The largest absolute Gasteiger partial charge is 0.496 e. The van der Waals surface area contributed by atoms with Crippen LogP contribution < -0.4 is 15.8 Å². The van der Waals surface area contributed by atoms with Gasteiger partial charge in [-0.1, -0.05) is 30.0 Å². The molecule has 1 aromatic carbocycles. The Morgan fingerprint density at radius 2 is 2.25 bits per heavy atom. The number of nitrogens with two attached hydrogens (primary N) is 1. The van der Waals surface area contributed by atoms with Gasteiger partial charge in [-0.15, -0.1) is 0 Å². The molecule has 124 valence electrons. The molecule has 0 saturated heterocycles. The van der Waals surface area contributed by atoms with Crippen LogP contribution in [0.25, 0.3) is 0 Å². The summed E-state index contributed by atoms with van der Waals surface area (Å²) in [4.78, 5) is 19.8. The second-order valence-electron chi connectivity index (χ2n) is 4.76. The lowest BCUT2D eigenvalue weighted by Crippen LogP contribution is -2.27. The van der Waals surface area contributed by atoms with E-state index in [1.54, 1.807) is 7.11 Å². The van der Waals surface area contributed by atoms with Crippen LogP contribution in [0, 0.1) is 11.3 Å². The number of aromatic nitrogens is 2. The minimum atomic E-state index is -0.124. The van der Waals surface area contributed by atoms with Crippen LogP contribution in [0.4, 0.5) is 5.82 Å². The Kier molecular flexibility index (Phi) is 6.40. The number of anilines is 1. The maximum absolute atomic E-state index is 11.9. The zero-order valence-electron chi connectivity index (χ0n) is 13.2. The van der Waals surface area contributed by atoms with Crippen molar-refractivity contribution >= 4 is 23.5 Å². The predicted molar refractivity (Wildman–Crippen MR) is 91.6 cm³/mol. The van der Waals surface area contributed by atoms with Crippen molar-refractivity contribution in [1.82, 2.24) is 15.3 Å². The van der Waals surface area contributed by atoms with Crippen molar-refractivity contribution in [2.45, 2.75) is 11.6 Å². The Morgan fingerprint density at radius 1 is 1.46 bits per heavy atom. The summed E-state index contributed by atoms with van der Waals surface area (Å²) in [7, 11) is 1.62. The highest BCUT2D eigenvalue weighted by atomic mass is 32.2. The lowest BCUT2D eigenvalue weighted by molar-refractivity contribution is -0.118. The van der Waals surface area contributed by atoms with Gasteiger partial charge in [0.2, 0.25) is 5.91 Å². The Labute approximate surface area is 144 Å². The van der Waals surface area contributed by atoms with E-state index in [-0.39, 0.29) is 23.0 Å². The van der Waals surface area contributed by atoms with Crippen LogP contribution in [-0.4, -0.2) is 35.3 Å². The molecule has 1 heterocycles. The molecule has 1 aromatic heterocycles. The first-order valence-corrected chi connectivity index (χ1v) is 8.16. The first kappa shape index (κ1) is 17.6. The van der Waals surface area contributed by atoms with Gasteiger partial charge in [0, 0.05) is 6.54 Å². The summed E-state index contributed by atoms with van der Waals surface area (Å²) in [6.07, 6.45) is 2.03. The highest BCUT2D eigenvalue weighted by Crippen LogP contribution is 2.17. The molecule has 0 fully saturated rings. The second kappa shape index (κ2) is 8.74. The van der Waals surface area contributed by atoms with Crippen molar-refractivity contribution in [3.05, 3.63) is 41.6 Å². The lowest BCUT2D eigenvalue weighted by Gasteiger charge is -2.09.